The molecule has 2 rings (SSSR count). The zero-order valence-corrected chi connectivity index (χ0v) is 24.2. The third kappa shape index (κ3) is 7.40. The van der Waals surface area contributed by atoms with Crippen molar-refractivity contribution < 1.29 is 36.0 Å². The molecule has 0 unspecified atom stereocenters. The normalized spacial score (nSPS) is 12.2. The first kappa shape index (κ1) is 27.1. The maximum Gasteiger partial charge on any atom is 0.384 e. The minimum atomic E-state index is -2.71. The fraction of sp³-hybridized carbons (Fsp3) is 0.455. The lowest BCUT2D eigenvalue weighted by Gasteiger charge is -2.38. The maximum atomic E-state index is 6.53. The summed E-state index contributed by atoms with van der Waals surface area (Å²) in [4.78, 5) is 0. The van der Waals surface area contributed by atoms with E-state index in [0.29, 0.717) is 34.5 Å². The average molecular weight is 513 g/mol. The van der Waals surface area contributed by atoms with E-state index >= 15 is 0 Å². The fourth-order valence-corrected chi connectivity index (χ4v) is 15.3. The van der Waals surface area contributed by atoms with E-state index in [0.717, 1.165) is 0 Å². The second-order valence-corrected chi connectivity index (χ2v) is 19.0. The molecular weight excluding hydrogens is 476 g/mol. The first-order valence-electron chi connectivity index (χ1n) is 10.6. The molecule has 0 aliphatic rings. The summed E-state index contributed by atoms with van der Waals surface area (Å²) >= 11 is 0. The Hall–Kier alpha value is -2.19. The Morgan fingerprint density at radius 1 is 0.455 bits per heavy atom. The predicted molar refractivity (Wildman–Crippen MR) is 135 cm³/mol. The van der Waals surface area contributed by atoms with Gasteiger partial charge in [-0.2, -0.15) is 0 Å². The summed E-state index contributed by atoms with van der Waals surface area (Å²) < 4.78 is 47.6. The van der Waals surface area contributed by atoms with Gasteiger partial charge < -0.3 is 36.0 Å². The molecule has 0 atom stereocenters. The Morgan fingerprint density at radius 3 is 0.970 bits per heavy atom. The van der Waals surface area contributed by atoms with Crippen molar-refractivity contribution in [2.45, 2.75) is 39.3 Å². The van der Waals surface area contributed by atoms with E-state index in [2.05, 4.69) is 0 Å². The summed E-state index contributed by atoms with van der Waals surface area (Å²) in [5, 5.41) is 0. The molecule has 0 amide bonds. The van der Waals surface area contributed by atoms with Crippen molar-refractivity contribution in [3.05, 3.63) is 36.4 Å². The molecule has 0 heterocycles. The Balaban J connectivity index is 2.20. The van der Waals surface area contributed by atoms with Crippen LogP contribution >= 0.6 is 0 Å². The number of methoxy groups -OCH3 is 4. The zero-order chi connectivity index (χ0) is 24.9. The number of hydrogen-bond acceptors (Lipinski definition) is 8. The van der Waals surface area contributed by atoms with Crippen molar-refractivity contribution in [1.82, 2.24) is 0 Å². The van der Waals surface area contributed by atoms with Gasteiger partial charge in [0.15, 0.2) is 34.5 Å². The highest BCUT2D eigenvalue weighted by Crippen LogP contribution is 2.40. The first-order valence-corrected chi connectivity index (χ1v) is 19.0. The lowest BCUT2D eigenvalue weighted by molar-refractivity contribution is 0.283. The van der Waals surface area contributed by atoms with E-state index < -0.39 is 25.7 Å². The van der Waals surface area contributed by atoms with Crippen molar-refractivity contribution in [3.63, 3.8) is 0 Å². The first-order chi connectivity index (χ1) is 15.4. The molecule has 0 aliphatic heterocycles. The summed E-state index contributed by atoms with van der Waals surface area (Å²) in [7, 11) is -1.72. The van der Waals surface area contributed by atoms with Crippen molar-refractivity contribution in [3.8, 4) is 34.5 Å². The van der Waals surface area contributed by atoms with Crippen LogP contribution in [0.25, 0.3) is 0 Å². The molecule has 2 aromatic rings. The van der Waals surface area contributed by atoms with E-state index in [9.17, 15) is 0 Å². The van der Waals surface area contributed by atoms with Crippen molar-refractivity contribution >= 4 is 25.7 Å². The molecular formula is C22H36O8Si3. The standard InChI is InChI=1S/C22H36O8Si3/c1-23-17-13-11-14-18(24-2)21(17)27-31(5,6)29-33(9,10)30-32(7,8)28-22-19(25-3)15-12-16-20(22)26-4/h11-16H,1-10H3. The zero-order valence-electron chi connectivity index (χ0n) is 21.2. The molecule has 0 N–H and O–H groups in total. The van der Waals surface area contributed by atoms with E-state index in [1.807, 2.05) is 75.7 Å². The molecule has 0 spiro atoms. The molecule has 0 saturated heterocycles. The lowest BCUT2D eigenvalue weighted by Crippen LogP contribution is -2.56. The Labute approximate surface area is 200 Å². The van der Waals surface area contributed by atoms with Crippen molar-refractivity contribution in [1.29, 1.82) is 0 Å². The van der Waals surface area contributed by atoms with E-state index in [-0.39, 0.29) is 0 Å². The lowest BCUT2D eigenvalue weighted by atomic mass is 10.3. The number of ether oxygens (including phenoxy) is 4. The van der Waals surface area contributed by atoms with Gasteiger partial charge in [0.2, 0.25) is 0 Å². The summed E-state index contributed by atoms with van der Waals surface area (Å²) in [6, 6.07) is 11.0. The molecule has 0 radical (unpaired) electrons. The summed E-state index contributed by atoms with van der Waals surface area (Å²) in [5.74, 6) is 3.38. The smallest absolute Gasteiger partial charge is 0.384 e. The van der Waals surface area contributed by atoms with Crippen molar-refractivity contribution in [2.24, 2.45) is 0 Å². The monoisotopic (exact) mass is 512 g/mol. The van der Waals surface area contributed by atoms with Crippen LogP contribution < -0.4 is 27.8 Å². The van der Waals surface area contributed by atoms with Gasteiger partial charge in [-0.1, -0.05) is 12.1 Å². The van der Waals surface area contributed by atoms with Gasteiger partial charge in [-0.3, -0.25) is 0 Å². The van der Waals surface area contributed by atoms with Gasteiger partial charge in [-0.05, 0) is 63.5 Å². The van der Waals surface area contributed by atoms with Crippen LogP contribution in [0.1, 0.15) is 0 Å². The molecule has 0 aromatic heterocycles. The van der Waals surface area contributed by atoms with Gasteiger partial charge in [0.1, 0.15) is 0 Å². The van der Waals surface area contributed by atoms with Crippen molar-refractivity contribution in [2.75, 3.05) is 28.4 Å². The third-order valence-corrected chi connectivity index (χ3v) is 13.7. The molecule has 0 fully saturated rings. The minimum Gasteiger partial charge on any atom is -0.515 e. The Kier molecular flexibility index (Phi) is 8.88. The molecule has 33 heavy (non-hydrogen) atoms. The van der Waals surface area contributed by atoms with Crippen LogP contribution in [0.4, 0.5) is 0 Å². The molecule has 0 saturated carbocycles. The van der Waals surface area contributed by atoms with E-state index in [4.69, 9.17) is 36.0 Å². The highest BCUT2D eigenvalue weighted by atomic mass is 28.5. The SMILES string of the molecule is COc1cccc(OC)c1O[Si](C)(C)O[Si](C)(C)O[Si](C)(C)Oc1c(OC)cccc1OC. The van der Waals surface area contributed by atoms with Gasteiger partial charge >= 0.3 is 25.7 Å². The summed E-state index contributed by atoms with van der Waals surface area (Å²) in [5.41, 5.74) is 0. The second kappa shape index (κ2) is 10.8. The molecule has 8 nitrogen and oxygen atoms in total. The summed E-state index contributed by atoms with van der Waals surface area (Å²) in [6.45, 7) is 11.8. The molecule has 184 valence electrons. The van der Waals surface area contributed by atoms with Crippen LogP contribution in [0.15, 0.2) is 36.4 Å². The van der Waals surface area contributed by atoms with Crippen LogP contribution in [-0.4, -0.2) is 54.1 Å². The van der Waals surface area contributed by atoms with Crippen LogP contribution in [0.5, 0.6) is 34.5 Å². The largest absolute Gasteiger partial charge is 0.515 e. The Bertz CT molecular complexity index is 816. The molecule has 2 aromatic carbocycles. The maximum absolute atomic E-state index is 6.53. The van der Waals surface area contributed by atoms with E-state index in [1.54, 1.807) is 28.4 Å². The van der Waals surface area contributed by atoms with Gasteiger partial charge in [0.05, 0.1) is 28.4 Å². The quantitative estimate of drug-likeness (QED) is 0.354. The number of rotatable bonds is 12. The highest BCUT2D eigenvalue weighted by Gasteiger charge is 2.44. The number of para-hydroxylation sites is 2. The average Bonchev–Trinajstić information content (AvgIpc) is 2.71. The van der Waals surface area contributed by atoms with Gasteiger partial charge in [0, 0.05) is 0 Å². The van der Waals surface area contributed by atoms with Crippen LogP contribution in [0.2, 0.25) is 39.3 Å². The van der Waals surface area contributed by atoms with Crippen LogP contribution in [-0.2, 0) is 8.23 Å². The van der Waals surface area contributed by atoms with E-state index in [1.165, 1.54) is 0 Å². The fourth-order valence-electron chi connectivity index (χ4n) is 3.57. The molecule has 0 aliphatic carbocycles. The van der Waals surface area contributed by atoms with Gasteiger partial charge in [0.25, 0.3) is 0 Å². The number of benzene rings is 2. The highest BCUT2D eigenvalue weighted by molar-refractivity contribution is 6.84. The third-order valence-electron chi connectivity index (χ3n) is 4.44. The minimum absolute atomic E-state index is 0.524. The van der Waals surface area contributed by atoms with Gasteiger partial charge in [-0.25, -0.2) is 0 Å². The second-order valence-electron chi connectivity index (χ2n) is 8.59. The van der Waals surface area contributed by atoms with Gasteiger partial charge in [-0.15, -0.1) is 0 Å². The number of hydrogen-bond donors (Lipinski definition) is 0. The topological polar surface area (TPSA) is 73.8 Å². The Morgan fingerprint density at radius 2 is 0.727 bits per heavy atom. The van der Waals surface area contributed by atoms with Crippen LogP contribution in [0.3, 0.4) is 0 Å². The van der Waals surface area contributed by atoms with Crippen LogP contribution in [0, 0.1) is 0 Å². The predicted octanol–water partition coefficient (Wildman–Crippen LogP) is 5.32. The molecule has 0 bridgehead atoms. The molecule has 11 heteroatoms. The summed E-state index contributed by atoms with van der Waals surface area (Å²) in [6.07, 6.45) is 0.